The molecule has 0 amide bonds. The molecule has 1 aromatic rings. The predicted molar refractivity (Wildman–Crippen MR) is 59.0 cm³/mol. The molecule has 1 aromatic heterocycles. The van der Waals surface area contributed by atoms with Crippen molar-refractivity contribution < 1.29 is 8.42 Å². The molecule has 0 aromatic carbocycles. The van der Waals surface area contributed by atoms with E-state index in [1.165, 1.54) is 0 Å². The Morgan fingerprint density at radius 1 is 1.60 bits per heavy atom. The zero-order chi connectivity index (χ0) is 11.5. The van der Waals surface area contributed by atoms with Gasteiger partial charge >= 0.3 is 0 Å². The standard InChI is InChI=1S/C9H17N3O2S/c1-8(10)4-6-15(13,14)7-9-3-5-12(2)11-9/h3,5,8H,4,6-7,10H2,1-2H3. The van der Waals surface area contributed by atoms with Crippen molar-refractivity contribution >= 4 is 9.84 Å². The summed E-state index contributed by atoms with van der Waals surface area (Å²) in [6.45, 7) is 1.80. The molecule has 86 valence electrons. The van der Waals surface area contributed by atoms with Crippen molar-refractivity contribution in [3.63, 3.8) is 0 Å². The summed E-state index contributed by atoms with van der Waals surface area (Å²) in [5.41, 5.74) is 6.10. The molecule has 5 nitrogen and oxygen atoms in total. The Kier molecular flexibility index (Phi) is 3.87. The molecule has 6 heteroatoms. The predicted octanol–water partition coefficient (Wildman–Crippen LogP) is 0.0722. The van der Waals surface area contributed by atoms with Crippen LogP contribution >= 0.6 is 0 Å². The average Bonchev–Trinajstić information content (AvgIpc) is 2.47. The molecule has 0 aliphatic carbocycles. The second-order valence-electron chi connectivity index (χ2n) is 3.84. The molecule has 1 heterocycles. The second kappa shape index (κ2) is 4.76. The number of hydrogen-bond donors (Lipinski definition) is 1. The van der Waals surface area contributed by atoms with Crippen molar-refractivity contribution in [2.75, 3.05) is 5.75 Å². The van der Waals surface area contributed by atoms with Gasteiger partial charge in [-0.15, -0.1) is 0 Å². The maximum absolute atomic E-state index is 11.6. The molecule has 0 saturated carbocycles. The van der Waals surface area contributed by atoms with Crippen molar-refractivity contribution in [3.05, 3.63) is 18.0 Å². The second-order valence-corrected chi connectivity index (χ2v) is 6.02. The van der Waals surface area contributed by atoms with Crippen molar-refractivity contribution in [2.45, 2.75) is 25.1 Å². The number of aryl methyl sites for hydroxylation is 1. The van der Waals surface area contributed by atoms with Gasteiger partial charge in [0.1, 0.15) is 0 Å². The minimum Gasteiger partial charge on any atom is -0.328 e. The molecular weight excluding hydrogens is 214 g/mol. The Morgan fingerprint density at radius 2 is 2.27 bits per heavy atom. The van der Waals surface area contributed by atoms with E-state index in [1.54, 1.807) is 30.9 Å². The summed E-state index contributed by atoms with van der Waals surface area (Å²) < 4.78 is 24.8. The van der Waals surface area contributed by atoms with Crippen LogP contribution in [-0.2, 0) is 22.6 Å². The lowest BCUT2D eigenvalue weighted by molar-refractivity contribution is 0.585. The molecule has 15 heavy (non-hydrogen) atoms. The lowest BCUT2D eigenvalue weighted by atomic mass is 10.3. The van der Waals surface area contributed by atoms with Gasteiger partial charge in [-0.2, -0.15) is 5.10 Å². The van der Waals surface area contributed by atoms with Crippen LogP contribution in [0.25, 0.3) is 0 Å². The minimum atomic E-state index is -3.07. The van der Waals surface area contributed by atoms with Gasteiger partial charge in [0.25, 0.3) is 0 Å². The van der Waals surface area contributed by atoms with E-state index in [-0.39, 0.29) is 17.5 Å². The molecule has 0 fully saturated rings. The number of aromatic nitrogens is 2. The van der Waals surface area contributed by atoms with Gasteiger partial charge in [0.2, 0.25) is 0 Å². The molecule has 1 atom stereocenters. The minimum absolute atomic E-state index is 0.000556. The van der Waals surface area contributed by atoms with E-state index >= 15 is 0 Å². The molecular formula is C9H17N3O2S. The molecule has 0 radical (unpaired) electrons. The summed E-state index contributed by atoms with van der Waals surface area (Å²) in [5, 5.41) is 4.03. The largest absolute Gasteiger partial charge is 0.328 e. The summed E-state index contributed by atoms with van der Waals surface area (Å²) in [7, 11) is -1.31. The van der Waals surface area contributed by atoms with Gasteiger partial charge < -0.3 is 5.73 Å². The van der Waals surface area contributed by atoms with Crippen LogP contribution < -0.4 is 5.73 Å². The van der Waals surface area contributed by atoms with Crippen molar-refractivity contribution in [1.29, 1.82) is 0 Å². The third kappa shape index (κ3) is 4.44. The quantitative estimate of drug-likeness (QED) is 0.778. The zero-order valence-electron chi connectivity index (χ0n) is 9.05. The SMILES string of the molecule is CC(N)CCS(=O)(=O)Cc1ccn(C)n1. The molecule has 1 rings (SSSR count). The normalized spacial score (nSPS) is 14.1. The molecule has 2 N–H and O–H groups in total. The fourth-order valence-electron chi connectivity index (χ4n) is 1.20. The van der Waals surface area contributed by atoms with Gasteiger partial charge in [-0.3, -0.25) is 4.68 Å². The highest BCUT2D eigenvalue weighted by atomic mass is 32.2. The maximum Gasteiger partial charge on any atom is 0.156 e. The van der Waals surface area contributed by atoms with E-state index < -0.39 is 9.84 Å². The molecule has 0 bridgehead atoms. The lowest BCUT2D eigenvalue weighted by Crippen LogP contribution is -2.20. The Morgan fingerprint density at radius 3 is 2.73 bits per heavy atom. The smallest absolute Gasteiger partial charge is 0.156 e. The third-order valence-corrected chi connectivity index (χ3v) is 3.61. The van der Waals surface area contributed by atoms with E-state index in [2.05, 4.69) is 5.10 Å². The number of nitrogens with two attached hydrogens (primary N) is 1. The van der Waals surface area contributed by atoms with Crippen LogP contribution in [0, 0.1) is 0 Å². The van der Waals surface area contributed by atoms with Gasteiger partial charge in [0.15, 0.2) is 9.84 Å². The fraction of sp³-hybridized carbons (Fsp3) is 0.667. The van der Waals surface area contributed by atoms with Gasteiger partial charge in [0, 0.05) is 19.3 Å². The van der Waals surface area contributed by atoms with Crippen LogP contribution in [0.15, 0.2) is 12.3 Å². The highest BCUT2D eigenvalue weighted by molar-refractivity contribution is 7.90. The van der Waals surface area contributed by atoms with Gasteiger partial charge in [-0.1, -0.05) is 0 Å². The third-order valence-electron chi connectivity index (χ3n) is 2.02. The van der Waals surface area contributed by atoms with Crippen molar-refractivity contribution in [2.24, 2.45) is 12.8 Å². The maximum atomic E-state index is 11.6. The van der Waals surface area contributed by atoms with E-state index in [1.807, 2.05) is 0 Å². The summed E-state index contributed by atoms with van der Waals surface area (Å²) in [5.74, 6) is 0.127. The molecule has 0 aliphatic heterocycles. The number of hydrogen-bond acceptors (Lipinski definition) is 4. The lowest BCUT2D eigenvalue weighted by Gasteiger charge is -2.04. The van der Waals surface area contributed by atoms with Crippen LogP contribution in [-0.4, -0.2) is 30.0 Å². The summed E-state index contributed by atoms with van der Waals surface area (Å²) in [4.78, 5) is 0. The zero-order valence-corrected chi connectivity index (χ0v) is 9.87. The number of nitrogens with zero attached hydrogens (tertiary/aromatic N) is 2. The monoisotopic (exact) mass is 231 g/mol. The highest BCUT2D eigenvalue weighted by Gasteiger charge is 2.14. The van der Waals surface area contributed by atoms with Gasteiger partial charge in [0.05, 0.1) is 17.2 Å². The van der Waals surface area contributed by atoms with E-state index in [0.717, 1.165) is 0 Å². The fourth-order valence-corrected chi connectivity index (χ4v) is 2.68. The first-order valence-corrected chi connectivity index (χ1v) is 6.66. The van der Waals surface area contributed by atoms with E-state index in [0.29, 0.717) is 12.1 Å². The van der Waals surface area contributed by atoms with Crippen molar-refractivity contribution in [3.8, 4) is 0 Å². The van der Waals surface area contributed by atoms with Gasteiger partial charge in [-0.25, -0.2) is 8.42 Å². The molecule has 0 saturated heterocycles. The van der Waals surface area contributed by atoms with Crippen molar-refractivity contribution in [1.82, 2.24) is 9.78 Å². The van der Waals surface area contributed by atoms with Crippen LogP contribution in [0.4, 0.5) is 0 Å². The van der Waals surface area contributed by atoms with Crippen LogP contribution in [0.1, 0.15) is 19.0 Å². The van der Waals surface area contributed by atoms with E-state index in [4.69, 9.17) is 5.73 Å². The molecule has 0 spiro atoms. The van der Waals surface area contributed by atoms with Crippen LogP contribution in [0.2, 0.25) is 0 Å². The summed E-state index contributed by atoms with van der Waals surface area (Å²) in [6.07, 6.45) is 2.23. The summed E-state index contributed by atoms with van der Waals surface area (Å²) >= 11 is 0. The number of rotatable bonds is 5. The molecule has 0 aliphatic rings. The first-order valence-electron chi connectivity index (χ1n) is 4.83. The Bertz CT molecular complexity index is 409. The Balaban J connectivity index is 2.57. The van der Waals surface area contributed by atoms with Crippen LogP contribution in [0.5, 0.6) is 0 Å². The molecule has 1 unspecified atom stereocenters. The first-order chi connectivity index (χ1) is 6.89. The average molecular weight is 231 g/mol. The van der Waals surface area contributed by atoms with Gasteiger partial charge in [-0.05, 0) is 19.4 Å². The topological polar surface area (TPSA) is 78.0 Å². The first kappa shape index (κ1) is 12.2. The van der Waals surface area contributed by atoms with Crippen LogP contribution in [0.3, 0.4) is 0 Å². The number of sulfone groups is 1. The van der Waals surface area contributed by atoms with E-state index in [9.17, 15) is 8.42 Å². The Hall–Kier alpha value is -0.880. The summed E-state index contributed by atoms with van der Waals surface area (Å²) in [6, 6.07) is 1.63. The Labute approximate surface area is 90.2 Å². The highest BCUT2D eigenvalue weighted by Crippen LogP contribution is 2.05.